The van der Waals surface area contributed by atoms with Crippen LogP contribution in [0, 0.1) is 0 Å². The van der Waals surface area contributed by atoms with Crippen LogP contribution in [0.4, 0.5) is 0 Å². The van der Waals surface area contributed by atoms with Crippen molar-refractivity contribution in [2.45, 2.75) is 38.3 Å². The van der Waals surface area contributed by atoms with Gasteiger partial charge in [0.15, 0.2) is 0 Å². The highest BCUT2D eigenvalue weighted by atomic mass is 16.2. The van der Waals surface area contributed by atoms with E-state index in [1.54, 1.807) is 0 Å². The molecular formula is C9H16N2O. The van der Waals surface area contributed by atoms with Crippen LogP contribution in [0.5, 0.6) is 0 Å². The molecule has 2 fully saturated rings. The van der Waals surface area contributed by atoms with E-state index in [0.717, 1.165) is 25.9 Å². The van der Waals surface area contributed by atoms with Crippen LogP contribution < -0.4 is 5.32 Å². The fourth-order valence-corrected chi connectivity index (χ4v) is 2.22. The summed E-state index contributed by atoms with van der Waals surface area (Å²) in [6, 6.07) is 1.10. The average molecular weight is 168 g/mol. The lowest BCUT2D eigenvalue weighted by Gasteiger charge is -2.27. The number of likely N-dealkylation sites (tertiary alicyclic amines) is 1. The van der Waals surface area contributed by atoms with Gasteiger partial charge in [-0.05, 0) is 12.8 Å². The highest BCUT2D eigenvalue weighted by Crippen LogP contribution is 2.23. The number of nitrogens with zero attached hydrogens (tertiary/aromatic N) is 1. The van der Waals surface area contributed by atoms with E-state index in [0.29, 0.717) is 18.0 Å². The lowest BCUT2D eigenvalue weighted by atomic mass is 10.2. The first-order chi connectivity index (χ1) is 5.81. The Morgan fingerprint density at radius 1 is 1.67 bits per heavy atom. The molecule has 0 saturated carbocycles. The van der Waals surface area contributed by atoms with Crippen LogP contribution in [0.1, 0.15) is 26.2 Å². The number of hydrogen-bond donors (Lipinski definition) is 1. The van der Waals surface area contributed by atoms with Crippen LogP contribution in [-0.2, 0) is 4.79 Å². The smallest absolute Gasteiger partial charge is 0.222 e. The maximum absolute atomic E-state index is 11.5. The van der Waals surface area contributed by atoms with Crippen molar-refractivity contribution in [1.29, 1.82) is 0 Å². The molecule has 0 radical (unpaired) electrons. The van der Waals surface area contributed by atoms with Gasteiger partial charge in [0.2, 0.25) is 5.91 Å². The van der Waals surface area contributed by atoms with Crippen LogP contribution in [0.2, 0.25) is 0 Å². The molecule has 2 saturated heterocycles. The molecule has 3 nitrogen and oxygen atoms in total. The van der Waals surface area contributed by atoms with Crippen molar-refractivity contribution in [2.75, 3.05) is 13.1 Å². The third-order valence-corrected chi connectivity index (χ3v) is 2.84. The normalized spacial score (nSPS) is 32.9. The number of hydrogen-bond acceptors (Lipinski definition) is 2. The number of carbonyl (C=O) groups excluding carboxylic acids is 1. The van der Waals surface area contributed by atoms with Crippen molar-refractivity contribution in [3.63, 3.8) is 0 Å². The van der Waals surface area contributed by atoms with Gasteiger partial charge in [-0.25, -0.2) is 0 Å². The molecule has 0 spiro atoms. The maximum Gasteiger partial charge on any atom is 0.222 e. The number of fused-ring (bicyclic) bond motifs is 2. The Bertz CT molecular complexity index is 193. The molecule has 2 aliphatic rings. The summed E-state index contributed by atoms with van der Waals surface area (Å²) in [6.45, 7) is 4.02. The minimum absolute atomic E-state index is 0.353. The van der Waals surface area contributed by atoms with Crippen molar-refractivity contribution in [3.8, 4) is 0 Å². The predicted octanol–water partition coefficient (Wildman–Crippen LogP) is 0.359. The van der Waals surface area contributed by atoms with E-state index in [1.807, 2.05) is 0 Å². The number of amides is 1. The van der Waals surface area contributed by atoms with E-state index in [2.05, 4.69) is 17.1 Å². The van der Waals surface area contributed by atoms with Crippen LogP contribution in [0.3, 0.4) is 0 Å². The highest BCUT2D eigenvalue weighted by molar-refractivity contribution is 5.77. The molecule has 3 heteroatoms. The summed E-state index contributed by atoms with van der Waals surface area (Å²) in [4.78, 5) is 13.6. The van der Waals surface area contributed by atoms with Crippen LogP contribution in [0.15, 0.2) is 0 Å². The van der Waals surface area contributed by atoms with Crippen molar-refractivity contribution >= 4 is 5.91 Å². The molecular weight excluding hydrogens is 152 g/mol. The maximum atomic E-state index is 11.5. The van der Waals surface area contributed by atoms with Crippen molar-refractivity contribution in [1.82, 2.24) is 10.2 Å². The second-order valence-corrected chi connectivity index (χ2v) is 3.79. The van der Waals surface area contributed by atoms with Gasteiger partial charge in [0, 0.05) is 31.6 Å². The van der Waals surface area contributed by atoms with Gasteiger partial charge >= 0.3 is 0 Å². The molecule has 2 rings (SSSR count). The lowest BCUT2D eigenvalue weighted by Crippen LogP contribution is -2.46. The zero-order chi connectivity index (χ0) is 8.55. The number of rotatable bonds is 2. The molecule has 68 valence electrons. The van der Waals surface area contributed by atoms with E-state index < -0.39 is 0 Å². The minimum Gasteiger partial charge on any atom is -0.337 e. The molecule has 0 aromatic heterocycles. The van der Waals surface area contributed by atoms with Gasteiger partial charge in [0.25, 0.3) is 0 Å². The van der Waals surface area contributed by atoms with Gasteiger partial charge in [-0.15, -0.1) is 0 Å². The summed E-state index contributed by atoms with van der Waals surface area (Å²) in [6.07, 6.45) is 2.87. The van der Waals surface area contributed by atoms with Gasteiger partial charge in [-0.1, -0.05) is 6.92 Å². The zero-order valence-electron chi connectivity index (χ0n) is 7.55. The Morgan fingerprint density at radius 2 is 2.50 bits per heavy atom. The molecule has 2 bridgehead atoms. The van der Waals surface area contributed by atoms with E-state index in [1.165, 1.54) is 6.42 Å². The first-order valence-corrected chi connectivity index (χ1v) is 4.84. The lowest BCUT2D eigenvalue weighted by molar-refractivity contribution is -0.132. The third kappa shape index (κ3) is 1.22. The zero-order valence-corrected chi connectivity index (χ0v) is 7.55. The Balaban J connectivity index is 1.93. The second kappa shape index (κ2) is 3.05. The van der Waals surface area contributed by atoms with Gasteiger partial charge < -0.3 is 10.2 Å². The van der Waals surface area contributed by atoms with Gasteiger partial charge in [0.1, 0.15) is 0 Å². The number of piperazine rings is 1. The summed E-state index contributed by atoms with van der Waals surface area (Å²) >= 11 is 0. The molecule has 12 heavy (non-hydrogen) atoms. The second-order valence-electron chi connectivity index (χ2n) is 3.79. The SMILES string of the molecule is CCCC(=O)N1C[C@@H]2C[C@H]1CN2. The van der Waals surface area contributed by atoms with Gasteiger partial charge in [0.05, 0.1) is 0 Å². The third-order valence-electron chi connectivity index (χ3n) is 2.84. The van der Waals surface area contributed by atoms with E-state index in [4.69, 9.17) is 0 Å². The highest BCUT2D eigenvalue weighted by Gasteiger charge is 2.39. The largest absolute Gasteiger partial charge is 0.337 e. The van der Waals surface area contributed by atoms with Crippen LogP contribution >= 0.6 is 0 Å². The fraction of sp³-hybridized carbons (Fsp3) is 0.889. The van der Waals surface area contributed by atoms with Gasteiger partial charge in [-0.3, -0.25) is 4.79 Å². The Labute approximate surface area is 73.1 Å². The van der Waals surface area contributed by atoms with Crippen LogP contribution in [-0.4, -0.2) is 36.0 Å². The van der Waals surface area contributed by atoms with Crippen LogP contribution in [0.25, 0.3) is 0 Å². The first kappa shape index (κ1) is 8.05. The molecule has 1 amide bonds. The van der Waals surface area contributed by atoms with Crippen molar-refractivity contribution < 1.29 is 4.79 Å². The Kier molecular flexibility index (Phi) is 2.05. The fourth-order valence-electron chi connectivity index (χ4n) is 2.22. The molecule has 0 aromatic rings. The summed E-state index contributed by atoms with van der Waals surface area (Å²) < 4.78 is 0. The summed E-state index contributed by atoms with van der Waals surface area (Å²) in [7, 11) is 0. The number of carbonyl (C=O) groups is 1. The minimum atomic E-state index is 0.353. The topological polar surface area (TPSA) is 32.3 Å². The average Bonchev–Trinajstić information content (AvgIpc) is 2.64. The first-order valence-electron chi connectivity index (χ1n) is 4.84. The van der Waals surface area contributed by atoms with Crippen molar-refractivity contribution in [2.24, 2.45) is 0 Å². The Hall–Kier alpha value is -0.570. The Morgan fingerprint density at radius 3 is 3.00 bits per heavy atom. The molecule has 2 aliphatic heterocycles. The van der Waals surface area contributed by atoms with E-state index in [9.17, 15) is 4.79 Å². The molecule has 0 aromatic carbocycles. The summed E-state index contributed by atoms with van der Waals surface area (Å²) in [5.74, 6) is 0.353. The van der Waals surface area contributed by atoms with E-state index >= 15 is 0 Å². The van der Waals surface area contributed by atoms with Gasteiger partial charge in [-0.2, -0.15) is 0 Å². The monoisotopic (exact) mass is 168 g/mol. The molecule has 0 aliphatic carbocycles. The quantitative estimate of drug-likeness (QED) is 0.645. The van der Waals surface area contributed by atoms with Crippen molar-refractivity contribution in [3.05, 3.63) is 0 Å². The van der Waals surface area contributed by atoms with E-state index in [-0.39, 0.29) is 0 Å². The summed E-state index contributed by atoms with van der Waals surface area (Å²) in [5.41, 5.74) is 0. The standard InChI is InChI=1S/C9H16N2O/c1-2-3-9(12)11-6-7-4-8(11)5-10-7/h7-8,10H,2-6H2,1H3/t7-,8-/m0/s1. The predicted molar refractivity (Wildman–Crippen MR) is 46.8 cm³/mol. The molecule has 2 atom stereocenters. The molecule has 1 N–H and O–H groups in total. The summed E-state index contributed by atoms with van der Waals surface area (Å²) in [5, 5.41) is 3.39. The molecule has 0 unspecified atom stereocenters. The number of nitrogens with one attached hydrogen (secondary N) is 1. The molecule has 2 heterocycles.